The van der Waals surface area contributed by atoms with Gasteiger partial charge in [0, 0.05) is 0 Å². The van der Waals surface area contributed by atoms with Crippen molar-refractivity contribution in [1.82, 2.24) is 0 Å². The molecule has 0 bridgehead atoms. The molecule has 0 nitrogen and oxygen atoms in total. The van der Waals surface area contributed by atoms with Crippen molar-refractivity contribution in [3.63, 3.8) is 0 Å². The maximum Gasteiger partial charge on any atom is -0.0417 e. The van der Waals surface area contributed by atoms with Gasteiger partial charge in [-0.15, -0.1) is 0 Å². The van der Waals surface area contributed by atoms with Gasteiger partial charge in [0.1, 0.15) is 0 Å². The largest absolute Gasteiger partial charge is 0.0654 e. The standard InChI is InChI=1S/C20H41/c1-4-7-8-9-10-11-12-13-14-15-16-17-18-19-20(5-2)6-3/h20H,2,4-19H2,1,3H3. The Bertz CT molecular complexity index is 157. The molecule has 0 fully saturated rings. The van der Waals surface area contributed by atoms with Gasteiger partial charge >= 0.3 is 0 Å². The molecule has 0 heteroatoms. The molecule has 0 saturated heterocycles. The zero-order valence-electron chi connectivity index (χ0n) is 14.6. The Balaban J connectivity index is 3.02. The maximum atomic E-state index is 4.04. The molecule has 0 aromatic carbocycles. The lowest BCUT2D eigenvalue weighted by Gasteiger charge is -2.11. The van der Waals surface area contributed by atoms with E-state index in [9.17, 15) is 0 Å². The van der Waals surface area contributed by atoms with Crippen LogP contribution in [0.5, 0.6) is 0 Å². The van der Waals surface area contributed by atoms with Crippen LogP contribution < -0.4 is 0 Å². The summed E-state index contributed by atoms with van der Waals surface area (Å²) in [4.78, 5) is 0. The highest BCUT2D eigenvalue weighted by Gasteiger charge is 2.02. The van der Waals surface area contributed by atoms with Crippen LogP contribution in [0.4, 0.5) is 0 Å². The molecule has 0 aliphatic rings. The topological polar surface area (TPSA) is 0 Å². The zero-order chi connectivity index (χ0) is 14.9. The summed E-state index contributed by atoms with van der Waals surface area (Å²) < 4.78 is 0. The van der Waals surface area contributed by atoms with E-state index in [1.165, 1.54) is 96.3 Å². The van der Waals surface area contributed by atoms with E-state index in [0.717, 1.165) is 12.3 Å². The number of rotatable bonds is 16. The fraction of sp³-hybridized carbons (Fsp3) is 0.950. The lowest BCUT2D eigenvalue weighted by atomic mass is 9.95. The summed E-state index contributed by atoms with van der Waals surface area (Å²) in [6, 6.07) is 0. The molecule has 1 radical (unpaired) electrons. The summed E-state index contributed by atoms with van der Waals surface area (Å²) in [5, 5.41) is 0. The van der Waals surface area contributed by atoms with E-state index in [-0.39, 0.29) is 0 Å². The third-order valence-electron chi connectivity index (χ3n) is 4.70. The van der Waals surface area contributed by atoms with Gasteiger partial charge in [0.25, 0.3) is 0 Å². The highest BCUT2D eigenvalue weighted by molar-refractivity contribution is 4.59. The van der Waals surface area contributed by atoms with Gasteiger partial charge in [-0.2, -0.15) is 0 Å². The van der Waals surface area contributed by atoms with E-state index in [1.807, 2.05) is 0 Å². The number of hydrogen-bond acceptors (Lipinski definition) is 0. The van der Waals surface area contributed by atoms with Crippen molar-refractivity contribution in [2.75, 3.05) is 0 Å². The van der Waals surface area contributed by atoms with Crippen LogP contribution in [-0.2, 0) is 0 Å². The smallest absolute Gasteiger partial charge is 0.0417 e. The lowest BCUT2D eigenvalue weighted by Crippen LogP contribution is -1.96. The van der Waals surface area contributed by atoms with Crippen LogP contribution in [0, 0.1) is 12.8 Å². The highest BCUT2D eigenvalue weighted by atomic mass is 14.1. The molecule has 121 valence electrons. The first-order valence-electron chi connectivity index (χ1n) is 9.64. The second kappa shape index (κ2) is 17.1. The van der Waals surface area contributed by atoms with Crippen molar-refractivity contribution in [3.8, 4) is 0 Å². The Kier molecular flexibility index (Phi) is 17.1. The molecule has 0 aromatic heterocycles. The van der Waals surface area contributed by atoms with Gasteiger partial charge in [0.15, 0.2) is 0 Å². The first-order chi connectivity index (χ1) is 9.85. The predicted octanol–water partition coefficient (Wildman–Crippen LogP) is 7.72. The Labute approximate surface area is 130 Å². The zero-order valence-corrected chi connectivity index (χ0v) is 14.6. The minimum atomic E-state index is 0.891. The monoisotopic (exact) mass is 281 g/mol. The first kappa shape index (κ1) is 20.0. The highest BCUT2D eigenvalue weighted by Crippen LogP contribution is 2.18. The summed E-state index contributed by atoms with van der Waals surface area (Å²) in [6.45, 7) is 8.63. The molecule has 0 amide bonds. The molecule has 0 saturated carbocycles. The van der Waals surface area contributed by atoms with E-state index in [0.29, 0.717) is 0 Å². The average molecular weight is 282 g/mol. The maximum absolute atomic E-state index is 4.04. The van der Waals surface area contributed by atoms with Crippen LogP contribution in [0.3, 0.4) is 0 Å². The molecular weight excluding hydrogens is 240 g/mol. The third-order valence-corrected chi connectivity index (χ3v) is 4.70. The summed E-state index contributed by atoms with van der Waals surface area (Å²) in [7, 11) is 0. The van der Waals surface area contributed by atoms with Crippen molar-refractivity contribution in [2.24, 2.45) is 5.92 Å². The van der Waals surface area contributed by atoms with Crippen molar-refractivity contribution in [2.45, 2.75) is 117 Å². The Hall–Kier alpha value is 0. The number of unbranched alkanes of at least 4 members (excludes halogenated alkanes) is 12. The third kappa shape index (κ3) is 14.4. The molecule has 1 atom stereocenters. The van der Waals surface area contributed by atoms with Crippen molar-refractivity contribution < 1.29 is 0 Å². The Morgan fingerprint density at radius 3 is 1.35 bits per heavy atom. The minimum absolute atomic E-state index is 0.891. The van der Waals surface area contributed by atoms with Gasteiger partial charge in [-0.1, -0.05) is 124 Å². The quantitative estimate of drug-likeness (QED) is 0.254. The fourth-order valence-corrected chi connectivity index (χ4v) is 3.00. The lowest BCUT2D eigenvalue weighted by molar-refractivity contribution is 0.440. The normalized spacial score (nSPS) is 11.4. The summed E-state index contributed by atoms with van der Waals surface area (Å²) in [6.07, 6.45) is 22.8. The summed E-state index contributed by atoms with van der Waals surface area (Å²) >= 11 is 0. The molecule has 0 rings (SSSR count). The van der Waals surface area contributed by atoms with Crippen LogP contribution in [0.15, 0.2) is 0 Å². The molecule has 0 aliphatic heterocycles. The molecule has 0 spiro atoms. The van der Waals surface area contributed by atoms with Crippen LogP contribution in [-0.4, -0.2) is 0 Å². The summed E-state index contributed by atoms with van der Waals surface area (Å²) in [5.74, 6) is 0.891. The van der Waals surface area contributed by atoms with Crippen LogP contribution >= 0.6 is 0 Å². The molecule has 0 N–H and O–H groups in total. The number of hydrogen-bond donors (Lipinski definition) is 0. The fourth-order valence-electron chi connectivity index (χ4n) is 3.00. The first-order valence-corrected chi connectivity index (χ1v) is 9.64. The minimum Gasteiger partial charge on any atom is -0.0654 e. The van der Waals surface area contributed by atoms with Gasteiger partial charge in [-0.25, -0.2) is 0 Å². The molecular formula is C20H41. The van der Waals surface area contributed by atoms with Crippen molar-refractivity contribution in [3.05, 3.63) is 6.92 Å². The second-order valence-corrected chi connectivity index (χ2v) is 6.59. The van der Waals surface area contributed by atoms with Gasteiger partial charge in [0.2, 0.25) is 0 Å². The van der Waals surface area contributed by atoms with E-state index in [1.54, 1.807) is 0 Å². The van der Waals surface area contributed by atoms with E-state index < -0.39 is 0 Å². The molecule has 20 heavy (non-hydrogen) atoms. The molecule has 0 heterocycles. The van der Waals surface area contributed by atoms with Crippen molar-refractivity contribution >= 4 is 0 Å². The van der Waals surface area contributed by atoms with Crippen LogP contribution in [0.25, 0.3) is 0 Å². The van der Waals surface area contributed by atoms with Gasteiger partial charge < -0.3 is 0 Å². The van der Waals surface area contributed by atoms with Gasteiger partial charge in [-0.05, 0) is 5.92 Å². The predicted molar refractivity (Wildman–Crippen MR) is 94.1 cm³/mol. The van der Waals surface area contributed by atoms with Crippen molar-refractivity contribution in [1.29, 1.82) is 0 Å². The Morgan fingerprint density at radius 2 is 1.00 bits per heavy atom. The van der Waals surface area contributed by atoms with E-state index in [4.69, 9.17) is 0 Å². The van der Waals surface area contributed by atoms with E-state index in [2.05, 4.69) is 20.8 Å². The molecule has 1 unspecified atom stereocenters. The Morgan fingerprint density at radius 1 is 0.600 bits per heavy atom. The SMILES string of the molecule is [CH2]CC(CC)CCCCCCCCCCCCCCC. The molecule has 0 aromatic rings. The summed E-state index contributed by atoms with van der Waals surface area (Å²) in [5.41, 5.74) is 0. The van der Waals surface area contributed by atoms with E-state index >= 15 is 0 Å². The molecule has 0 aliphatic carbocycles. The van der Waals surface area contributed by atoms with Gasteiger partial charge in [-0.3, -0.25) is 0 Å². The van der Waals surface area contributed by atoms with Crippen LogP contribution in [0.1, 0.15) is 117 Å². The second-order valence-electron chi connectivity index (χ2n) is 6.59. The average Bonchev–Trinajstić information content (AvgIpc) is 2.48. The van der Waals surface area contributed by atoms with Crippen LogP contribution in [0.2, 0.25) is 0 Å². The van der Waals surface area contributed by atoms with Gasteiger partial charge in [0.05, 0.1) is 0 Å².